The highest BCUT2D eigenvalue weighted by Crippen LogP contribution is 2.47. The van der Waals surface area contributed by atoms with Gasteiger partial charge < -0.3 is 50.5 Å². The van der Waals surface area contributed by atoms with E-state index in [1.807, 2.05) is 58.0 Å². The quantitative estimate of drug-likeness (QED) is 0.0427. The van der Waals surface area contributed by atoms with Crippen molar-refractivity contribution < 1.29 is 57.7 Å². The Kier molecular flexibility index (Phi) is 25.5. The summed E-state index contributed by atoms with van der Waals surface area (Å²) in [6, 6.07) is 12.7. The minimum Gasteiger partial charge on any atom is -0.396 e. The SMILES string of the molecule is CC[C@H](C)[C@@H]([C@@H](CC(=O)N1CCC[C@H]1[C@H](OC)[C@@H](C)C(=O)N[C@@H](Cc1ccccc1)C(=O)Nc1ccc(CNC(=O)CCCCCN2C(=O)C=CC2=O)cc1)OC)N(C)C(=O)[C@@H](NC(=O)[C@@H]1[C@H]2CCC([C@H]2C)N1C(=O)CCCCCO)C(C)C. The Morgan fingerprint density at radius 1 is 0.774 bits per heavy atom. The van der Waals surface area contributed by atoms with Crippen molar-refractivity contribution >= 4 is 58.9 Å². The summed E-state index contributed by atoms with van der Waals surface area (Å²) in [5.41, 5.74) is 2.13. The second-order valence-electron chi connectivity index (χ2n) is 24.0. The lowest BCUT2D eigenvalue weighted by atomic mass is 9.89. The van der Waals surface area contributed by atoms with E-state index in [0.717, 1.165) is 30.4 Å². The first kappa shape index (κ1) is 66.6. The Balaban J connectivity index is 1.06. The number of rotatable bonds is 33. The molecule has 2 aromatic carbocycles. The lowest BCUT2D eigenvalue weighted by Crippen LogP contribution is -2.60. The van der Waals surface area contributed by atoms with E-state index in [1.54, 1.807) is 52.9 Å². The van der Waals surface area contributed by atoms with Crippen LogP contribution in [0.15, 0.2) is 66.7 Å². The molecule has 9 amide bonds. The lowest BCUT2D eigenvalue weighted by Gasteiger charge is -2.41. The fourth-order valence-electron chi connectivity index (χ4n) is 13.0. The van der Waals surface area contributed by atoms with Crippen LogP contribution in [-0.2, 0) is 65.6 Å². The number of fused-ring (bicyclic) bond motifs is 2. The number of hydrogen-bond acceptors (Lipinski definition) is 12. The molecule has 5 N–H and O–H groups in total. The number of amides is 9. The van der Waals surface area contributed by atoms with Crippen LogP contribution < -0.4 is 21.3 Å². The van der Waals surface area contributed by atoms with Gasteiger partial charge in [0.2, 0.25) is 41.4 Å². The van der Waals surface area contributed by atoms with E-state index in [-0.39, 0.29) is 97.1 Å². The molecule has 1 unspecified atom stereocenters. The van der Waals surface area contributed by atoms with Crippen molar-refractivity contribution in [3.8, 4) is 0 Å². The highest BCUT2D eigenvalue weighted by Gasteiger charge is 2.56. The van der Waals surface area contributed by atoms with Gasteiger partial charge >= 0.3 is 0 Å². The van der Waals surface area contributed by atoms with Gasteiger partial charge in [-0.15, -0.1) is 0 Å². The monoisotopic (exact) mass is 1170 g/mol. The Labute approximate surface area is 496 Å². The number of carbonyl (C=O) groups excluding carboxylic acids is 9. The number of nitrogens with one attached hydrogen (secondary N) is 4. The van der Waals surface area contributed by atoms with Gasteiger partial charge in [0, 0.05) is 90.7 Å². The molecule has 462 valence electrons. The van der Waals surface area contributed by atoms with Gasteiger partial charge in [-0.3, -0.25) is 48.1 Å². The second-order valence-corrected chi connectivity index (χ2v) is 24.0. The van der Waals surface area contributed by atoms with Gasteiger partial charge in [-0.05, 0) is 98.3 Å². The molecule has 0 spiro atoms. The van der Waals surface area contributed by atoms with Crippen LogP contribution in [0.5, 0.6) is 0 Å². The third-order valence-electron chi connectivity index (χ3n) is 18.0. The number of aliphatic hydroxyl groups excluding tert-OH is 1. The van der Waals surface area contributed by atoms with Crippen molar-refractivity contribution in [1.29, 1.82) is 0 Å². The number of imide groups is 1. The Morgan fingerprint density at radius 2 is 1.45 bits per heavy atom. The zero-order valence-corrected chi connectivity index (χ0v) is 51.0. The molecule has 84 heavy (non-hydrogen) atoms. The van der Waals surface area contributed by atoms with Crippen LogP contribution in [0.4, 0.5) is 5.69 Å². The van der Waals surface area contributed by atoms with Crippen LogP contribution in [0, 0.1) is 29.6 Å². The minimum absolute atomic E-state index is 0.0158. The second kappa shape index (κ2) is 32.1. The molecule has 12 atom stereocenters. The summed E-state index contributed by atoms with van der Waals surface area (Å²) in [5.74, 6) is -3.68. The first-order valence-corrected chi connectivity index (χ1v) is 30.6. The molecule has 1 aliphatic carbocycles. The first-order valence-electron chi connectivity index (χ1n) is 30.6. The summed E-state index contributed by atoms with van der Waals surface area (Å²) in [4.78, 5) is 129. The van der Waals surface area contributed by atoms with Crippen molar-refractivity contribution in [2.24, 2.45) is 29.6 Å². The molecular formula is C64H94N8O12. The molecule has 20 heteroatoms. The van der Waals surface area contributed by atoms with Crippen LogP contribution in [0.2, 0.25) is 0 Å². The summed E-state index contributed by atoms with van der Waals surface area (Å²) in [7, 11) is 4.74. The molecule has 0 radical (unpaired) electrons. The number of likely N-dealkylation sites (tertiary alicyclic amines) is 2. The highest BCUT2D eigenvalue weighted by molar-refractivity contribution is 6.12. The number of piperidine rings is 1. The van der Waals surface area contributed by atoms with Gasteiger partial charge in [-0.1, -0.05) is 103 Å². The maximum Gasteiger partial charge on any atom is 0.253 e. The lowest BCUT2D eigenvalue weighted by molar-refractivity contribution is -0.149. The molecule has 2 aromatic rings. The normalized spacial score (nSPS) is 21.7. The van der Waals surface area contributed by atoms with Crippen molar-refractivity contribution in [1.82, 2.24) is 35.6 Å². The van der Waals surface area contributed by atoms with Gasteiger partial charge in [0.05, 0.1) is 36.6 Å². The van der Waals surface area contributed by atoms with Crippen molar-refractivity contribution in [2.45, 2.75) is 193 Å². The predicted molar refractivity (Wildman–Crippen MR) is 318 cm³/mol. The number of methoxy groups -OCH3 is 2. The summed E-state index contributed by atoms with van der Waals surface area (Å²) < 4.78 is 12.2. The van der Waals surface area contributed by atoms with Crippen LogP contribution in [0.1, 0.15) is 143 Å². The van der Waals surface area contributed by atoms with Crippen LogP contribution in [0.25, 0.3) is 0 Å². The number of benzene rings is 2. The van der Waals surface area contributed by atoms with E-state index < -0.39 is 60.1 Å². The molecule has 1 saturated carbocycles. The predicted octanol–water partition coefficient (Wildman–Crippen LogP) is 5.69. The molecule has 4 aliphatic rings. The number of likely N-dealkylation sites (N-methyl/N-ethyl adjacent to an activating group) is 1. The maximum atomic E-state index is 14.8. The van der Waals surface area contributed by atoms with E-state index in [1.165, 1.54) is 31.3 Å². The zero-order chi connectivity index (χ0) is 61.2. The van der Waals surface area contributed by atoms with Gasteiger partial charge in [0.25, 0.3) is 11.8 Å². The van der Waals surface area contributed by atoms with Crippen molar-refractivity contribution in [2.75, 3.05) is 46.3 Å². The molecule has 0 aromatic heterocycles. The van der Waals surface area contributed by atoms with E-state index in [0.29, 0.717) is 83.0 Å². The number of hydrogen-bond donors (Lipinski definition) is 5. The number of carbonyl (C=O) groups is 9. The topological polar surface area (TPSA) is 253 Å². The highest BCUT2D eigenvalue weighted by atomic mass is 16.5. The van der Waals surface area contributed by atoms with Gasteiger partial charge in [0.1, 0.15) is 18.1 Å². The number of unbranched alkanes of at least 4 members (excludes halogenated alkanes) is 4. The molecule has 3 heterocycles. The average molecular weight is 1170 g/mol. The van der Waals surface area contributed by atoms with Gasteiger partial charge in [0.15, 0.2) is 0 Å². The fraction of sp³-hybridized carbons (Fsp3) is 0.641. The maximum absolute atomic E-state index is 14.8. The number of anilines is 1. The first-order chi connectivity index (χ1) is 40.2. The molecule has 3 aliphatic heterocycles. The van der Waals surface area contributed by atoms with E-state index in [2.05, 4.69) is 28.2 Å². The molecular weight excluding hydrogens is 1070 g/mol. The van der Waals surface area contributed by atoms with Crippen molar-refractivity contribution in [3.05, 3.63) is 77.9 Å². The summed E-state index contributed by atoms with van der Waals surface area (Å²) in [5, 5.41) is 21.2. The Bertz CT molecular complexity index is 2580. The number of aliphatic hydroxyl groups is 1. The third-order valence-corrected chi connectivity index (χ3v) is 18.0. The number of ether oxygens (including phenoxy) is 2. The minimum atomic E-state index is -0.991. The van der Waals surface area contributed by atoms with Crippen molar-refractivity contribution in [3.63, 3.8) is 0 Å². The smallest absolute Gasteiger partial charge is 0.253 e. The average Bonchev–Trinajstić information content (AvgIpc) is 1.99. The molecule has 2 saturated heterocycles. The van der Waals surface area contributed by atoms with E-state index in [4.69, 9.17) is 9.47 Å². The summed E-state index contributed by atoms with van der Waals surface area (Å²) >= 11 is 0. The largest absolute Gasteiger partial charge is 0.396 e. The van der Waals surface area contributed by atoms with Crippen LogP contribution in [-0.4, -0.2) is 167 Å². The zero-order valence-electron chi connectivity index (χ0n) is 51.0. The van der Waals surface area contributed by atoms with Gasteiger partial charge in [-0.25, -0.2) is 0 Å². The Morgan fingerprint density at radius 3 is 2.10 bits per heavy atom. The Hall–Kier alpha value is -6.51. The summed E-state index contributed by atoms with van der Waals surface area (Å²) in [6.07, 6.45) is 9.16. The molecule has 2 bridgehead atoms. The standard InChI is InChI=1S/C64H94N8O12/c1-10-41(4)58(69(7)64(82)57(40(2)3)68-63(81)59-47-30-31-49(42(47)5)72(59)55(77)25-17-13-19-36-73)51(83-8)38-56(78)70-35-20-23-50(70)60(84-9)43(6)61(79)67-48(37-44-21-14-11-15-22-44)62(80)66-46-28-26-45(27-29-46)39-65-52(74)24-16-12-18-34-71-53(75)32-33-54(71)76/h11,14-15,21-22,26-29,32-33,40-43,47-51,57-60,73H,10,12-13,16-20,23-25,30-31,34-39H2,1-9H3,(H,65,74)(H,66,80)(H,67,79)(H,68,81)/t41-,42-,43+,47-,48-,49?,50-,51+,57-,58-,59-,60+/m0/s1. The number of nitrogens with zero attached hydrogens (tertiary/aromatic N) is 4. The van der Waals surface area contributed by atoms with Gasteiger partial charge in [-0.2, -0.15) is 0 Å². The molecule has 6 rings (SSSR count). The molecule has 3 fully saturated rings. The van der Waals surface area contributed by atoms with Crippen LogP contribution >= 0.6 is 0 Å². The van der Waals surface area contributed by atoms with E-state index >= 15 is 0 Å². The molecule has 20 nitrogen and oxygen atoms in total. The summed E-state index contributed by atoms with van der Waals surface area (Å²) in [6.45, 7) is 12.7. The van der Waals surface area contributed by atoms with Crippen LogP contribution in [0.3, 0.4) is 0 Å². The fourth-order valence-corrected chi connectivity index (χ4v) is 13.0. The third kappa shape index (κ3) is 17.1. The van der Waals surface area contributed by atoms with E-state index in [9.17, 15) is 48.3 Å².